The quantitative estimate of drug-likeness (QED) is 0.806. The second kappa shape index (κ2) is 6.15. The highest BCUT2D eigenvalue weighted by Gasteiger charge is 2.38. The standard InChI is InChI=1S/C12H16F3N3OS/c1-20-11-17-16-9(12(13,14)15)10(19)18(11)7-8-5-3-2-4-6-8/h8H,2-7H2,1H3. The summed E-state index contributed by atoms with van der Waals surface area (Å²) in [5.41, 5.74) is -2.51. The van der Waals surface area contributed by atoms with Gasteiger partial charge in [-0.1, -0.05) is 31.0 Å². The second-order valence-corrected chi connectivity index (χ2v) is 5.73. The summed E-state index contributed by atoms with van der Waals surface area (Å²) in [6.07, 6.45) is 2.11. The molecule has 1 aliphatic carbocycles. The molecule has 1 aliphatic rings. The molecule has 0 amide bonds. The van der Waals surface area contributed by atoms with Gasteiger partial charge in [0.2, 0.25) is 5.69 Å². The first-order chi connectivity index (χ1) is 9.43. The fourth-order valence-corrected chi connectivity index (χ4v) is 3.02. The van der Waals surface area contributed by atoms with Gasteiger partial charge < -0.3 is 0 Å². The van der Waals surface area contributed by atoms with Crippen LogP contribution in [0.15, 0.2) is 9.95 Å². The van der Waals surface area contributed by atoms with Crippen molar-refractivity contribution in [2.45, 2.75) is 50.0 Å². The van der Waals surface area contributed by atoms with Crippen LogP contribution < -0.4 is 5.56 Å². The average Bonchev–Trinajstić information content (AvgIpc) is 2.40. The molecule has 0 bridgehead atoms. The van der Waals surface area contributed by atoms with Gasteiger partial charge >= 0.3 is 6.18 Å². The first kappa shape index (κ1) is 15.3. The Kier molecular flexibility index (Phi) is 4.72. The van der Waals surface area contributed by atoms with Gasteiger partial charge in [-0.3, -0.25) is 9.36 Å². The Bertz CT molecular complexity index is 524. The van der Waals surface area contributed by atoms with Crippen LogP contribution in [-0.4, -0.2) is 21.0 Å². The van der Waals surface area contributed by atoms with Gasteiger partial charge in [0.05, 0.1) is 0 Å². The minimum Gasteiger partial charge on any atom is -0.284 e. The van der Waals surface area contributed by atoms with Crippen LogP contribution in [0.25, 0.3) is 0 Å². The van der Waals surface area contributed by atoms with Gasteiger partial charge in [0.25, 0.3) is 5.56 Å². The smallest absolute Gasteiger partial charge is 0.284 e. The van der Waals surface area contributed by atoms with Crippen molar-refractivity contribution >= 4 is 11.8 Å². The number of hydrogen-bond acceptors (Lipinski definition) is 4. The molecule has 0 radical (unpaired) electrons. The van der Waals surface area contributed by atoms with E-state index in [9.17, 15) is 18.0 Å². The second-order valence-electron chi connectivity index (χ2n) is 4.95. The van der Waals surface area contributed by atoms with Gasteiger partial charge in [-0.05, 0) is 25.0 Å². The summed E-state index contributed by atoms with van der Waals surface area (Å²) in [6.45, 7) is 0.299. The maximum atomic E-state index is 12.7. The van der Waals surface area contributed by atoms with E-state index in [1.54, 1.807) is 6.26 Å². The van der Waals surface area contributed by atoms with Crippen molar-refractivity contribution in [2.24, 2.45) is 5.92 Å². The molecule has 0 aromatic carbocycles. The third-order valence-electron chi connectivity index (χ3n) is 3.53. The van der Waals surface area contributed by atoms with Crippen LogP contribution in [0.2, 0.25) is 0 Å². The zero-order valence-corrected chi connectivity index (χ0v) is 11.9. The largest absolute Gasteiger partial charge is 0.440 e. The molecule has 0 aliphatic heterocycles. The van der Waals surface area contributed by atoms with Crippen molar-refractivity contribution in [3.63, 3.8) is 0 Å². The van der Waals surface area contributed by atoms with Gasteiger partial charge in [-0.15, -0.1) is 10.2 Å². The van der Waals surface area contributed by atoms with E-state index in [0.717, 1.165) is 48.4 Å². The van der Waals surface area contributed by atoms with E-state index in [1.807, 2.05) is 0 Å². The predicted molar refractivity (Wildman–Crippen MR) is 69.7 cm³/mol. The first-order valence-corrected chi connectivity index (χ1v) is 7.74. The summed E-state index contributed by atoms with van der Waals surface area (Å²) in [5, 5.41) is 6.83. The minimum absolute atomic E-state index is 0.244. The lowest BCUT2D eigenvalue weighted by atomic mass is 9.89. The van der Waals surface area contributed by atoms with Crippen LogP contribution in [0, 0.1) is 5.92 Å². The van der Waals surface area contributed by atoms with Crippen molar-refractivity contribution in [3.05, 3.63) is 16.0 Å². The number of aromatic nitrogens is 3. The van der Waals surface area contributed by atoms with E-state index in [0.29, 0.717) is 6.54 Å². The summed E-state index contributed by atoms with van der Waals surface area (Å²) in [7, 11) is 0. The fraction of sp³-hybridized carbons (Fsp3) is 0.750. The molecule has 20 heavy (non-hydrogen) atoms. The highest BCUT2D eigenvalue weighted by Crippen LogP contribution is 2.27. The van der Waals surface area contributed by atoms with E-state index >= 15 is 0 Å². The maximum absolute atomic E-state index is 12.7. The Labute approximate surface area is 118 Å². The molecule has 8 heteroatoms. The van der Waals surface area contributed by atoms with Gasteiger partial charge in [0.1, 0.15) is 0 Å². The normalized spacial score (nSPS) is 17.4. The van der Waals surface area contributed by atoms with Crippen LogP contribution in [0.5, 0.6) is 0 Å². The summed E-state index contributed by atoms with van der Waals surface area (Å²) in [6, 6.07) is 0. The first-order valence-electron chi connectivity index (χ1n) is 6.52. The molecule has 0 atom stereocenters. The fourth-order valence-electron chi connectivity index (χ4n) is 2.52. The minimum atomic E-state index is -4.75. The van der Waals surface area contributed by atoms with E-state index in [4.69, 9.17) is 0 Å². The Morgan fingerprint density at radius 2 is 1.90 bits per heavy atom. The molecule has 1 aromatic heterocycles. The molecular formula is C12H16F3N3OS. The molecule has 0 saturated heterocycles. The van der Waals surface area contributed by atoms with Crippen molar-refractivity contribution in [1.29, 1.82) is 0 Å². The summed E-state index contributed by atoms with van der Waals surface area (Å²) in [5.74, 6) is 0.248. The Hall–Kier alpha value is -1.05. The van der Waals surface area contributed by atoms with Crippen LogP contribution in [-0.2, 0) is 12.7 Å². The molecule has 112 valence electrons. The van der Waals surface area contributed by atoms with Crippen molar-refractivity contribution in [3.8, 4) is 0 Å². The van der Waals surface area contributed by atoms with E-state index in [1.165, 1.54) is 0 Å². The van der Waals surface area contributed by atoms with Crippen LogP contribution >= 0.6 is 11.8 Å². The molecule has 4 nitrogen and oxygen atoms in total. The molecule has 1 fully saturated rings. The lowest BCUT2D eigenvalue weighted by Crippen LogP contribution is -2.34. The predicted octanol–water partition coefficient (Wildman–Crippen LogP) is 2.96. The number of nitrogens with zero attached hydrogens (tertiary/aromatic N) is 3. The molecule has 0 spiro atoms. The third kappa shape index (κ3) is 3.34. The van der Waals surface area contributed by atoms with Crippen molar-refractivity contribution < 1.29 is 13.2 Å². The molecule has 1 aromatic rings. The summed E-state index contributed by atoms with van der Waals surface area (Å²) >= 11 is 1.14. The topological polar surface area (TPSA) is 47.8 Å². The molecular weight excluding hydrogens is 291 g/mol. The van der Waals surface area contributed by atoms with Crippen molar-refractivity contribution in [1.82, 2.24) is 14.8 Å². The molecule has 0 N–H and O–H groups in total. The number of thioether (sulfide) groups is 1. The lowest BCUT2D eigenvalue weighted by Gasteiger charge is -2.23. The highest BCUT2D eigenvalue weighted by molar-refractivity contribution is 7.98. The van der Waals surface area contributed by atoms with Crippen molar-refractivity contribution in [2.75, 3.05) is 6.26 Å². The zero-order chi connectivity index (χ0) is 14.8. The number of hydrogen-bond donors (Lipinski definition) is 0. The van der Waals surface area contributed by atoms with E-state index in [-0.39, 0.29) is 11.1 Å². The van der Waals surface area contributed by atoms with Crippen LogP contribution in [0.4, 0.5) is 13.2 Å². The molecule has 1 heterocycles. The zero-order valence-electron chi connectivity index (χ0n) is 11.1. The van der Waals surface area contributed by atoms with Gasteiger partial charge in [-0.25, -0.2) is 0 Å². The highest BCUT2D eigenvalue weighted by atomic mass is 32.2. The number of alkyl halides is 3. The van der Waals surface area contributed by atoms with Crippen LogP contribution in [0.3, 0.4) is 0 Å². The SMILES string of the molecule is CSc1nnc(C(F)(F)F)c(=O)n1CC1CCCCC1. The monoisotopic (exact) mass is 307 g/mol. The van der Waals surface area contributed by atoms with Crippen LogP contribution in [0.1, 0.15) is 37.8 Å². The van der Waals surface area contributed by atoms with Gasteiger partial charge in [0, 0.05) is 6.54 Å². The number of halogens is 3. The van der Waals surface area contributed by atoms with E-state index in [2.05, 4.69) is 10.2 Å². The Balaban J connectivity index is 2.36. The molecule has 0 unspecified atom stereocenters. The van der Waals surface area contributed by atoms with E-state index < -0.39 is 17.4 Å². The summed E-state index contributed by atoms with van der Waals surface area (Å²) in [4.78, 5) is 12.0. The number of rotatable bonds is 3. The lowest BCUT2D eigenvalue weighted by molar-refractivity contribution is -0.143. The summed E-state index contributed by atoms with van der Waals surface area (Å²) < 4.78 is 39.3. The maximum Gasteiger partial charge on any atom is 0.440 e. The van der Waals surface area contributed by atoms with Gasteiger partial charge in [-0.2, -0.15) is 13.2 Å². The average molecular weight is 307 g/mol. The third-order valence-corrected chi connectivity index (χ3v) is 4.20. The Morgan fingerprint density at radius 3 is 2.45 bits per heavy atom. The molecule has 1 saturated carbocycles. The Morgan fingerprint density at radius 1 is 1.25 bits per heavy atom. The van der Waals surface area contributed by atoms with Gasteiger partial charge in [0.15, 0.2) is 5.16 Å². The molecule has 2 rings (SSSR count).